The predicted molar refractivity (Wildman–Crippen MR) is 259 cm³/mol. The largest absolute Gasteiger partial charge is 0.513 e. The van der Waals surface area contributed by atoms with Crippen molar-refractivity contribution in [2.45, 2.75) is 156 Å². The standard InChI is InChI=1S/C56H70O6/c1-5-7-9-11-13-15-17-19-21-27-37-59-55(57)61-53-45-31-25-23-29-43(45)51(49-39-41(3)33-35-47(49)53)52-44-30-24-26-32-46(44)54(48-36-34-42(4)40-50(48)52)62-56(58)60-38-28-22-20-18-16-14-12-10-8-6-2/h23-26,29-36,39-40H,5-22,27-28,37-38H2,1-4H3. The summed E-state index contributed by atoms with van der Waals surface area (Å²) >= 11 is 0. The van der Waals surface area contributed by atoms with Crippen molar-refractivity contribution >= 4 is 55.4 Å². The van der Waals surface area contributed by atoms with E-state index in [0.717, 1.165) is 104 Å². The Balaban J connectivity index is 1.24. The van der Waals surface area contributed by atoms with Gasteiger partial charge in [0.05, 0.1) is 13.2 Å². The lowest BCUT2D eigenvalue weighted by Gasteiger charge is -2.21. The first kappa shape index (κ1) is 46.4. The van der Waals surface area contributed by atoms with Gasteiger partial charge in [-0.25, -0.2) is 9.59 Å². The monoisotopic (exact) mass is 839 g/mol. The van der Waals surface area contributed by atoms with E-state index >= 15 is 0 Å². The average Bonchev–Trinajstić information content (AvgIpc) is 3.27. The van der Waals surface area contributed by atoms with Gasteiger partial charge in [0, 0.05) is 21.5 Å². The molecule has 0 atom stereocenters. The molecule has 0 N–H and O–H groups in total. The normalized spacial score (nSPS) is 11.5. The van der Waals surface area contributed by atoms with Crippen LogP contribution in [0.15, 0.2) is 84.9 Å². The first-order chi connectivity index (χ1) is 30.4. The zero-order chi connectivity index (χ0) is 43.5. The molecule has 0 bridgehead atoms. The minimum atomic E-state index is -0.686. The van der Waals surface area contributed by atoms with Crippen LogP contribution in [-0.2, 0) is 9.47 Å². The lowest BCUT2D eigenvalue weighted by Crippen LogP contribution is -2.12. The Morgan fingerprint density at radius 3 is 1.03 bits per heavy atom. The molecule has 0 spiro atoms. The van der Waals surface area contributed by atoms with Crippen LogP contribution < -0.4 is 9.47 Å². The number of unbranched alkanes of at least 4 members (excludes halogenated alkanes) is 18. The molecule has 6 heteroatoms. The van der Waals surface area contributed by atoms with E-state index in [1.165, 1.54) is 89.9 Å². The maximum atomic E-state index is 13.4. The van der Waals surface area contributed by atoms with Gasteiger partial charge in [0.15, 0.2) is 0 Å². The predicted octanol–water partition coefficient (Wildman–Crippen LogP) is 17.5. The molecule has 6 aromatic rings. The number of rotatable bonds is 25. The third-order valence-electron chi connectivity index (χ3n) is 12.3. The van der Waals surface area contributed by atoms with E-state index in [1.807, 2.05) is 48.5 Å². The van der Waals surface area contributed by atoms with Crippen LogP contribution in [0.2, 0.25) is 0 Å². The maximum Gasteiger partial charge on any atom is 0.513 e. The van der Waals surface area contributed by atoms with Gasteiger partial charge < -0.3 is 18.9 Å². The number of carbonyl (C=O) groups excluding carboxylic acids is 2. The average molecular weight is 839 g/mol. The Labute approximate surface area is 370 Å². The molecular formula is C56H70O6. The second-order valence-corrected chi connectivity index (χ2v) is 17.4. The smallest absolute Gasteiger partial charge is 0.434 e. The van der Waals surface area contributed by atoms with Crippen LogP contribution in [0.5, 0.6) is 11.5 Å². The summed E-state index contributed by atoms with van der Waals surface area (Å²) in [6.45, 7) is 9.34. The Morgan fingerprint density at radius 1 is 0.371 bits per heavy atom. The second kappa shape index (κ2) is 24.5. The zero-order valence-electron chi connectivity index (χ0n) is 38.1. The molecule has 62 heavy (non-hydrogen) atoms. The van der Waals surface area contributed by atoms with Crippen molar-refractivity contribution in [1.29, 1.82) is 0 Å². The molecule has 0 saturated carbocycles. The van der Waals surface area contributed by atoms with E-state index in [-0.39, 0.29) is 0 Å². The number of fused-ring (bicyclic) bond motifs is 4. The van der Waals surface area contributed by atoms with Gasteiger partial charge in [-0.05, 0) is 59.4 Å². The van der Waals surface area contributed by atoms with Crippen molar-refractivity contribution in [3.63, 3.8) is 0 Å². The van der Waals surface area contributed by atoms with Crippen molar-refractivity contribution in [3.05, 3.63) is 96.1 Å². The minimum absolute atomic E-state index is 0.334. The highest BCUT2D eigenvalue weighted by molar-refractivity contribution is 6.27. The summed E-state index contributed by atoms with van der Waals surface area (Å²) in [6, 6.07) is 28.8. The molecule has 0 aliphatic carbocycles. The Morgan fingerprint density at radius 2 is 0.677 bits per heavy atom. The summed E-state index contributed by atoms with van der Waals surface area (Å²) in [7, 11) is 0. The highest BCUT2D eigenvalue weighted by Crippen LogP contribution is 2.50. The van der Waals surface area contributed by atoms with E-state index in [2.05, 4.69) is 64.1 Å². The van der Waals surface area contributed by atoms with Crippen molar-refractivity contribution in [1.82, 2.24) is 0 Å². The van der Waals surface area contributed by atoms with Crippen molar-refractivity contribution in [2.75, 3.05) is 13.2 Å². The molecule has 6 rings (SSSR count). The molecule has 0 aromatic heterocycles. The number of ether oxygens (including phenoxy) is 4. The van der Waals surface area contributed by atoms with Gasteiger partial charge in [-0.15, -0.1) is 0 Å². The molecule has 0 aliphatic heterocycles. The summed E-state index contributed by atoms with van der Waals surface area (Å²) in [4.78, 5) is 26.7. The first-order valence-corrected chi connectivity index (χ1v) is 24.0. The molecule has 0 saturated heterocycles. The Kier molecular flexibility index (Phi) is 18.3. The first-order valence-electron chi connectivity index (χ1n) is 24.0. The fourth-order valence-electron chi connectivity index (χ4n) is 8.98. The Bertz CT molecular complexity index is 2210. The summed E-state index contributed by atoms with van der Waals surface area (Å²) in [5, 5.41) is 7.08. The molecule has 0 amide bonds. The molecule has 0 fully saturated rings. The van der Waals surface area contributed by atoms with E-state index in [1.54, 1.807) is 0 Å². The van der Waals surface area contributed by atoms with Crippen LogP contribution in [0.4, 0.5) is 9.59 Å². The van der Waals surface area contributed by atoms with Crippen LogP contribution in [0.25, 0.3) is 54.2 Å². The quantitative estimate of drug-likeness (QED) is 0.0247. The molecule has 0 unspecified atom stereocenters. The van der Waals surface area contributed by atoms with Crippen LogP contribution in [-0.4, -0.2) is 25.5 Å². The van der Waals surface area contributed by atoms with Crippen LogP contribution in [0.3, 0.4) is 0 Å². The van der Waals surface area contributed by atoms with Gasteiger partial charge in [0.25, 0.3) is 0 Å². The summed E-state index contributed by atoms with van der Waals surface area (Å²) in [6.07, 6.45) is 22.9. The van der Waals surface area contributed by atoms with Crippen molar-refractivity contribution < 1.29 is 28.5 Å². The van der Waals surface area contributed by atoms with Crippen LogP contribution in [0, 0.1) is 13.8 Å². The SMILES string of the molecule is CCCCCCCCCCCCOC(=O)Oc1c2ccccc2c(-c2c3ccccc3c(OC(=O)OCCCCCCCCCCCC)c3ccc(C)cc23)c2cc(C)ccc12. The van der Waals surface area contributed by atoms with Crippen LogP contribution >= 0.6 is 0 Å². The van der Waals surface area contributed by atoms with E-state index in [0.29, 0.717) is 24.7 Å². The molecule has 0 aliphatic rings. The summed E-state index contributed by atoms with van der Waals surface area (Å²) < 4.78 is 23.7. The highest BCUT2D eigenvalue weighted by atomic mass is 16.7. The van der Waals surface area contributed by atoms with Crippen LogP contribution in [0.1, 0.15) is 153 Å². The molecule has 330 valence electrons. The summed E-state index contributed by atoms with van der Waals surface area (Å²) in [5.74, 6) is 0.977. The van der Waals surface area contributed by atoms with Gasteiger partial charge in [0.2, 0.25) is 0 Å². The van der Waals surface area contributed by atoms with Crippen molar-refractivity contribution in [3.8, 4) is 22.6 Å². The molecule has 6 aromatic carbocycles. The molecule has 0 radical (unpaired) electrons. The topological polar surface area (TPSA) is 71.1 Å². The van der Waals surface area contributed by atoms with Gasteiger partial charge in [-0.1, -0.05) is 225 Å². The third-order valence-corrected chi connectivity index (χ3v) is 12.3. The lowest BCUT2D eigenvalue weighted by molar-refractivity contribution is 0.0972. The van der Waals surface area contributed by atoms with Gasteiger partial charge in [-0.2, -0.15) is 0 Å². The van der Waals surface area contributed by atoms with E-state index in [9.17, 15) is 9.59 Å². The zero-order valence-corrected chi connectivity index (χ0v) is 38.1. The number of carbonyl (C=O) groups is 2. The fourth-order valence-corrected chi connectivity index (χ4v) is 8.98. The number of hydrogen-bond acceptors (Lipinski definition) is 6. The lowest BCUT2D eigenvalue weighted by atomic mass is 9.84. The number of aryl methyl sites for hydroxylation is 2. The molecule has 0 heterocycles. The highest BCUT2D eigenvalue weighted by Gasteiger charge is 2.25. The molecular weight excluding hydrogens is 769 g/mol. The van der Waals surface area contributed by atoms with Crippen molar-refractivity contribution in [2.24, 2.45) is 0 Å². The fraction of sp³-hybridized carbons (Fsp3) is 0.464. The Hall–Kier alpha value is -5.10. The summed E-state index contributed by atoms with van der Waals surface area (Å²) in [5.41, 5.74) is 4.20. The molecule has 6 nitrogen and oxygen atoms in total. The second-order valence-electron chi connectivity index (χ2n) is 17.4. The van der Waals surface area contributed by atoms with E-state index < -0.39 is 12.3 Å². The minimum Gasteiger partial charge on any atom is -0.434 e. The number of hydrogen-bond donors (Lipinski definition) is 0. The maximum absolute atomic E-state index is 13.4. The van der Waals surface area contributed by atoms with Gasteiger partial charge >= 0.3 is 12.3 Å². The van der Waals surface area contributed by atoms with Gasteiger partial charge in [-0.3, -0.25) is 0 Å². The van der Waals surface area contributed by atoms with E-state index in [4.69, 9.17) is 18.9 Å². The third kappa shape index (κ3) is 12.5. The number of benzene rings is 6. The van der Waals surface area contributed by atoms with Gasteiger partial charge in [0.1, 0.15) is 11.5 Å².